The molecule has 0 saturated carbocycles. The lowest BCUT2D eigenvalue weighted by atomic mass is 9.72. The number of rotatable bonds is 7. The molecule has 1 aliphatic heterocycles. The zero-order valence-electron chi connectivity index (χ0n) is 21.2. The molecular formula is C30H28N2O5S. The number of esters is 1. The van der Waals surface area contributed by atoms with Gasteiger partial charge in [0.25, 0.3) is 5.69 Å². The second-order valence-electron chi connectivity index (χ2n) is 9.71. The number of benzene rings is 2. The molecule has 2 heterocycles. The molecule has 2 aliphatic rings. The van der Waals surface area contributed by atoms with E-state index in [1.165, 1.54) is 6.07 Å². The van der Waals surface area contributed by atoms with E-state index in [4.69, 9.17) is 4.74 Å². The van der Waals surface area contributed by atoms with Gasteiger partial charge in [0, 0.05) is 58.2 Å². The van der Waals surface area contributed by atoms with E-state index in [0.717, 1.165) is 16.1 Å². The summed E-state index contributed by atoms with van der Waals surface area (Å²) >= 11 is 1.62. The highest BCUT2D eigenvalue weighted by atomic mass is 32.1. The number of nitrogens with one attached hydrogen (secondary N) is 1. The molecule has 2 aromatic carbocycles. The number of carbonyl (C=O) groups excluding carboxylic acids is 2. The van der Waals surface area contributed by atoms with Crippen LogP contribution < -0.4 is 5.32 Å². The van der Waals surface area contributed by atoms with Crippen molar-refractivity contribution in [3.8, 4) is 0 Å². The molecule has 0 radical (unpaired) electrons. The van der Waals surface area contributed by atoms with E-state index in [0.29, 0.717) is 47.2 Å². The third-order valence-corrected chi connectivity index (χ3v) is 8.26. The first-order valence-electron chi connectivity index (χ1n) is 12.6. The Labute approximate surface area is 225 Å². The van der Waals surface area contributed by atoms with E-state index in [1.807, 2.05) is 47.8 Å². The molecule has 38 heavy (non-hydrogen) atoms. The largest absolute Gasteiger partial charge is 0.462 e. The standard InChI is InChI=1S/C30H28N2O5S/c1-18-10-11-21(16-24(18)32(35)36)28-27(30(34)37-13-12-20-7-4-3-5-8-20)19(2)31-23-15-22(17-25(33)29(23)28)26-9-6-14-38-26/h3-11,14,16,22,28,31H,12-13,15,17H2,1-2H3/t22-,28+/m1/s1. The number of allylic oxidation sites excluding steroid dienone is 3. The van der Waals surface area contributed by atoms with Crippen molar-refractivity contribution < 1.29 is 19.2 Å². The number of carbonyl (C=O) groups is 2. The summed E-state index contributed by atoms with van der Waals surface area (Å²) in [6.07, 6.45) is 1.50. The SMILES string of the molecule is CC1=C(C(=O)OCCc2ccccc2)[C@H](c2ccc(C)c([N+](=O)[O-])c2)C2=C(C[C@@H](c3cccs3)CC2=O)N1. The maximum atomic E-state index is 13.7. The van der Waals surface area contributed by atoms with Gasteiger partial charge in [-0.25, -0.2) is 4.79 Å². The van der Waals surface area contributed by atoms with Crippen molar-refractivity contribution in [1.82, 2.24) is 5.32 Å². The first kappa shape index (κ1) is 25.6. The Balaban J connectivity index is 1.52. The molecule has 7 nitrogen and oxygen atoms in total. The van der Waals surface area contributed by atoms with Crippen molar-refractivity contribution in [1.29, 1.82) is 0 Å². The minimum absolute atomic E-state index is 0.0441. The number of hydrogen-bond donors (Lipinski definition) is 1. The third-order valence-electron chi connectivity index (χ3n) is 7.22. The van der Waals surface area contributed by atoms with Crippen LogP contribution in [-0.4, -0.2) is 23.3 Å². The first-order valence-corrected chi connectivity index (χ1v) is 13.4. The number of nitro groups is 1. The van der Waals surface area contributed by atoms with Crippen LogP contribution in [0.15, 0.2) is 88.6 Å². The average Bonchev–Trinajstić information content (AvgIpc) is 3.44. The van der Waals surface area contributed by atoms with Gasteiger partial charge in [-0.05, 0) is 42.8 Å². The Morgan fingerprint density at radius 3 is 2.61 bits per heavy atom. The van der Waals surface area contributed by atoms with E-state index in [1.54, 1.807) is 37.3 Å². The van der Waals surface area contributed by atoms with Gasteiger partial charge in [0.05, 0.1) is 17.1 Å². The van der Waals surface area contributed by atoms with Gasteiger partial charge in [-0.2, -0.15) is 0 Å². The lowest BCUT2D eigenvalue weighted by Crippen LogP contribution is -2.36. The maximum absolute atomic E-state index is 13.7. The van der Waals surface area contributed by atoms with Crippen LogP contribution in [0.4, 0.5) is 5.69 Å². The number of dihydropyridines is 1. The van der Waals surface area contributed by atoms with E-state index in [2.05, 4.69) is 5.32 Å². The summed E-state index contributed by atoms with van der Waals surface area (Å²) < 4.78 is 5.70. The average molecular weight is 529 g/mol. The molecule has 0 fully saturated rings. The van der Waals surface area contributed by atoms with Crippen molar-refractivity contribution in [2.45, 2.75) is 44.9 Å². The zero-order chi connectivity index (χ0) is 26.8. The van der Waals surface area contributed by atoms with Gasteiger partial charge >= 0.3 is 5.97 Å². The number of ketones is 1. The molecule has 1 aliphatic carbocycles. The summed E-state index contributed by atoms with van der Waals surface area (Å²) in [5, 5.41) is 17.1. The molecule has 0 amide bonds. The molecule has 3 aromatic rings. The Morgan fingerprint density at radius 2 is 1.89 bits per heavy atom. The smallest absolute Gasteiger partial charge is 0.336 e. The summed E-state index contributed by atoms with van der Waals surface area (Å²) in [7, 11) is 0. The van der Waals surface area contributed by atoms with Crippen LogP contribution in [0.25, 0.3) is 0 Å². The minimum atomic E-state index is -0.744. The number of Topliss-reactive ketones (excluding diaryl/α,β-unsaturated/α-hetero) is 1. The first-order chi connectivity index (χ1) is 18.3. The van der Waals surface area contributed by atoms with Gasteiger partial charge in [-0.3, -0.25) is 14.9 Å². The van der Waals surface area contributed by atoms with Crippen LogP contribution >= 0.6 is 11.3 Å². The Morgan fingerprint density at radius 1 is 1.11 bits per heavy atom. The highest BCUT2D eigenvalue weighted by Gasteiger charge is 2.42. The van der Waals surface area contributed by atoms with E-state index in [-0.39, 0.29) is 24.0 Å². The summed E-state index contributed by atoms with van der Waals surface area (Å²) in [4.78, 5) is 39.6. The van der Waals surface area contributed by atoms with Crippen molar-refractivity contribution in [3.63, 3.8) is 0 Å². The molecular weight excluding hydrogens is 500 g/mol. The topological polar surface area (TPSA) is 98.5 Å². The van der Waals surface area contributed by atoms with Gasteiger partial charge in [0.15, 0.2) is 5.78 Å². The van der Waals surface area contributed by atoms with Crippen molar-refractivity contribution in [3.05, 3.63) is 120 Å². The fraction of sp³-hybridized carbons (Fsp3) is 0.267. The highest BCUT2D eigenvalue weighted by molar-refractivity contribution is 7.10. The number of hydrogen-bond acceptors (Lipinski definition) is 7. The highest BCUT2D eigenvalue weighted by Crippen LogP contribution is 2.46. The third kappa shape index (κ3) is 5.04. The van der Waals surface area contributed by atoms with Crippen LogP contribution in [0.5, 0.6) is 0 Å². The van der Waals surface area contributed by atoms with Crippen LogP contribution in [0.1, 0.15) is 53.2 Å². The second kappa shape index (κ2) is 10.8. The summed E-state index contributed by atoms with van der Waals surface area (Å²) in [6, 6.07) is 18.7. The molecule has 1 aromatic heterocycles. The predicted molar refractivity (Wildman–Crippen MR) is 146 cm³/mol. The number of aryl methyl sites for hydroxylation is 1. The van der Waals surface area contributed by atoms with Crippen molar-refractivity contribution >= 4 is 28.8 Å². The maximum Gasteiger partial charge on any atom is 0.336 e. The normalized spacial score (nSPS) is 19.2. The fourth-order valence-electron chi connectivity index (χ4n) is 5.35. The molecule has 194 valence electrons. The van der Waals surface area contributed by atoms with Crippen LogP contribution in [0.2, 0.25) is 0 Å². The van der Waals surface area contributed by atoms with E-state index < -0.39 is 16.8 Å². The van der Waals surface area contributed by atoms with E-state index >= 15 is 0 Å². The molecule has 0 spiro atoms. The van der Waals surface area contributed by atoms with Crippen molar-refractivity contribution in [2.75, 3.05) is 6.61 Å². The van der Waals surface area contributed by atoms with Crippen LogP contribution in [-0.2, 0) is 20.7 Å². The van der Waals surface area contributed by atoms with E-state index in [9.17, 15) is 19.7 Å². The predicted octanol–water partition coefficient (Wildman–Crippen LogP) is 6.11. The molecule has 1 N–H and O–H groups in total. The number of ether oxygens (including phenoxy) is 1. The van der Waals surface area contributed by atoms with Gasteiger partial charge in [0.2, 0.25) is 0 Å². The molecule has 0 saturated heterocycles. The summed E-state index contributed by atoms with van der Waals surface area (Å²) in [6.45, 7) is 3.65. The van der Waals surface area contributed by atoms with Crippen LogP contribution in [0, 0.1) is 17.0 Å². The van der Waals surface area contributed by atoms with Gasteiger partial charge in [0.1, 0.15) is 0 Å². The second-order valence-corrected chi connectivity index (χ2v) is 10.7. The molecule has 0 bridgehead atoms. The number of nitrogens with zero attached hydrogens (tertiary/aromatic N) is 1. The molecule has 2 atom stereocenters. The van der Waals surface area contributed by atoms with Crippen molar-refractivity contribution in [2.24, 2.45) is 0 Å². The van der Waals surface area contributed by atoms with Crippen LogP contribution in [0.3, 0.4) is 0 Å². The lowest BCUT2D eigenvalue weighted by Gasteiger charge is -2.36. The summed E-state index contributed by atoms with van der Waals surface area (Å²) in [5.41, 5.74) is 4.24. The molecule has 5 rings (SSSR count). The zero-order valence-corrected chi connectivity index (χ0v) is 22.0. The minimum Gasteiger partial charge on any atom is -0.462 e. The Kier molecular flexibility index (Phi) is 7.24. The number of nitro benzene ring substituents is 1. The number of thiophene rings is 1. The summed E-state index contributed by atoms with van der Waals surface area (Å²) in [5.74, 6) is -1.29. The van der Waals surface area contributed by atoms with Gasteiger partial charge in [-0.1, -0.05) is 48.5 Å². The quantitative estimate of drug-likeness (QED) is 0.226. The van der Waals surface area contributed by atoms with Gasteiger partial charge in [-0.15, -0.1) is 11.3 Å². The Bertz CT molecular complexity index is 1460. The Hall–Kier alpha value is -4.04. The molecule has 0 unspecified atom stereocenters. The monoisotopic (exact) mass is 528 g/mol. The lowest BCUT2D eigenvalue weighted by molar-refractivity contribution is -0.385. The van der Waals surface area contributed by atoms with Gasteiger partial charge < -0.3 is 10.1 Å². The molecule has 8 heteroatoms. The fourth-order valence-corrected chi connectivity index (χ4v) is 6.18.